The Hall–Kier alpha value is -2.52. The molecule has 0 aliphatic carbocycles. The highest BCUT2D eigenvalue weighted by Crippen LogP contribution is 2.37. The maximum atomic E-state index is 10.6. The second-order valence-corrected chi connectivity index (χ2v) is 6.55. The summed E-state index contributed by atoms with van der Waals surface area (Å²) >= 11 is 0. The molecule has 5 atom stereocenters. The zero-order valence-corrected chi connectivity index (χ0v) is 14.1. The molecule has 1 saturated heterocycles. The van der Waals surface area contributed by atoms with Gasteiger partial charge in [-0.3, -0.25) is 0 Å². The highest BCUT2D eigenvalue weighted by molar-refractivity contribution is 5.86. The summed E-state index contributed by atoms with van der Waals surface area (Å²) in [5.41, 5.74) is 7.99. The number of hydrogen-bond donors (Lipinski definition) is 4. The molecule has 1 aliphatic rings. The molecule has 0 amide bonds. The fourth-order valence-corrected chi connectivity index (χ4v) is 3.33. The van der Waals surface area contributed by atoms with Gasteiger partial charge in [-0.05, 0) is 18.6 Å². The first-order valence-electron chi connectivity index (χ1n) is 8.30. The predicted octanol–water partition coefficient (Wildman–Crippen LogP) is 0.675. The standard InChI is InChI=1S/C18H20N4O4/c1-9-2-4-10(5-3-9)12(23)15-13(24)14(25)18(26-15)22-7-6-11-16(19)20-8-21-17(11)22/h2-8,12-15,18,23-25H,1H3,(H2,19,20,21)/t12?,13-,14+,15+,18+/m0/s1. The number of anilines is 1. The molecule has 3 aromatic rings. The average Bonchev–Trinajstić information content (AvgIpc) is 3.18. The molecule has 26 heavy (non-hydrogen) atoms. The van der Waals surface area contributed by atoms with Crippen molar-refractivity contribution in [3.63, 3.8) is 0 Å². The fourth-order valence-electron chi connectivity index (χ4n) is 3.33. The summed E-state index contributed by atoms with van der Waals surface area (Å²) in [5.74, 6) is 0.318. The molecule has 136 valence electrons. The third kappa shape index (κ3) is 2.63. The van der Waals surface area contributed by atoms with Crippen LogP contribution in [0, 0.1) is 6.92 Å². The first kappa shape index (κ1) is 16.9. The van der Waals surface area contributed by atoms with Gasteiger partial charge in [0.05, 0.1) is 5.39 Å². The molecule has 1 aromatic carbocycles. The minimum Gasteiger partial charge on any atom is -0.387 e. The number of aryl methyl sites for hydroxylation is 1. The zero-order chi connectivity index (χ0) is 18.4. The average molecular weight is 356 g/mol. The Morgan fingerprint density at radius 2 is 1.85 bits per heavy atom. The van der Waals surface area contributed by atoms with Crippen molar-refractivity contribution in [3.05, 3.63) is 54.0 Å². The van der Waals surface area contributed by atoms with E-state index in [0.717, 1.165) is 5.56 Å². The van der Waals surface area contributed by atoms with Crippen LogP contribution in [0.2, 0.25) is 0 Å². The van der Waals surface area contributed by atoms with Crippen LogP contribution in [0.3, 0.4) is 0 Å². The maximum absolute atomic E-state index is 10.6. The highest BCUT2D eigenvalue weighted by atomic mass is 16.6. The van der Waals surface area contributed by atoms with Gasteiger partial charge in [-0.1, -0.05) is 29.8 Å². The fraction of sp³-hybridized carbons (Fsp3) is 0.333. The Labute approximate surface area is 149 Å². The van der Waals surface area contributed by atoms with Crippen molar-refractivity contribution in [2.45, 2.75) is 37.6 Å². The SMILES string of the molecule is Cc1ccc(C(O)[C@H]2O[C@@H](n3ccc4c(N)ncnc43)[C@H](O)[C@@H]2O)cc1. The van der Waals surface area contributed by atoms with Crippen molar-refractivity contribution in [1.29, 1.82) is 0 Å². The number of hydrogen-bond acceptors (Lipinski definition) is 7. The minimum atomic E-state index is -1.26. The Bertz CT molecular complexity index is 927. The number of aliphatic hydroxyl groups excluding tert-OH is 3. The molecule has 8 nitrogen and oxygen atoms in total. The largest absolute Gasteiger partial charge is 0.387 e. The van der Waals surface area contributed by atoms with Crippen LogP contribution in [0.15, 0.2) is 42.9 Å². The van der Waals surface area contributed by atoms with E-state index in [1.807, 2.05) is 19.1 Å². The quantitative estimate of drug-likeness (QED) is 0.543. The highest BCUT2D eigenvalue weighted by Gasteiger charge is 2.47. The van der Waals surface area contributed by atoms with Crippen LogP contribution in [0.5, 0.6) is 0 Å². The monoisotopic (exact) mass is 356 g/mol. The molecule has 8 heteroatoms. The number of aromatic nitrogens is 3. The third-order valence-corrected chi connectivity index (χ3v) is 4.82. The van der Waals surface area contributed by atoms with Gasteiger partial charge < -0.3 is 30.4 Å². The molecule has 1 fully saturated rings. The summed E-state index contributed by atoms with van der Waals surface area (Å²) in [7, 11) is 0. The van der Waals surface area contributed by atoms with Gasteiger partial charge >= 0.3 is 0 Å². The summed E-state index contributed by atoms with van der Waals surface area (Å²) in [6, 6.07) is 9.00. The van der Waals surface area contributed by atoms with E-state index in [0.29, 0.717) is 22.4 Å². The number of benzene rings is 1. The molecule has 0 spiro atoms. The number of aliphatic hydroxyl groups is 3. The second kappa shape index (κ2) is 6.33. The number of ether oxygens (including phenoxy) is 1. The Morgan fingerprint density at radius 1 is 1.12 bits per heavy atom. The van der Waals surface area contributed by atoms with E-state index in [4.69, 9.17) is 10.5 Å². The van der Waals surface area contributed by atoms with Gasteiger partial charge in [0.25, 0.3) is 0 Å². The molecule has 0 bridgehead atoms. The van der Waals surface area contributed by atoms with Crippen LogP contribution in [0.25, 0.3) is 11.0 Å². The van der Waals surface area contributed by atoms with E-state index in [-0.39, 0.29) is 0 Å². The lowest BCUT2D eigenvalue weighted by atomic mass is 9.98. The number of fused-ring (bicyclic) bond motifs is 1. The molecule has 1 unspecified atom stereocenters. The van der Waals surface area contributed by atoms with Crippen LogP contribution in [-0.4, -0.2) is 48.2 Å². The van der Waals surface area contributed by atoms with Gasteiger partial charge in [-0.15, -0.1) is 0 Å². The number of nitrogens with zero attached hydrogens (tertiary/aromatic N) is 3. The molecule has 3 heterocycles. The Morgan fingerprint density at radius 3 is 2.58 bits per heavy atom. The Balaban J connectivity index is 1.65. The van der Waals surface area contributed by atoms with Crippen LogP contribution in [0.1, 0.15) is 23.5 Å². The summed E-state index contributed by atoms with van der Waals surface area (Å²) < 4.78 is 7.42. The summed E-state index contributed by atoms with van der Waals surface area (Å²) in [6.07, 6.45) is -2.45. The lowest BCUT2D eigenvalue weighted by molar-refractivity contribution is -0.0848. The normalized spacial score (nSPS) is 27.1. The number of nitrogens with two attached hydrogens (primary N) is 1. The van der Waals surface area contributed by atoms with Crippen molar-refractivity contribution < 1.29 is 20.1 Å². The Kier molecular flexibility index (Phi) is 4.12. The van der Waals surface area contributed by atoms with Gasteiger partial charge in [-0.25, -0.2) is 9.97 Å². The van der Waals surface area contributed by atoms with Gasteiger partial charge in [0.2, 0.25) is 0 Å². The van der Waals surface area contributed by atoms with E-state index in [1.54, 1.807) is 29.0 Å². The topological polar surface area (TPSA) is 127 Å². The smallest absolute Gasteiger partial charge is 0.164 e. The van der Waals surface area contributed by atoms with Crippen molar-refractivity contribution in [1.82, 2.24) is 14.5 Å². The lowest BCUT2D eigenvalue weighted by Gasteiger charge is -2.21. The number of nitrogen functional groups attached to an aromatic ring is 1. The van der Waals surface area contributed by atoms with Gasteiger partial charge in [-0.2, -0.15) is 0 Å². The summed E-state index contributed by atoms with van der Waals surface area (Å²) in [5, 5.41) is 32.2. The zero-order valence-electron chi connectivity index (χ0n) is 14.1. The van der Waals surface area contributed by atoms with E-state index >= 15 is 0 Å². The maximum Gasteiger partial charge on any atom is 0.164 e. The first-order chi connectivity index (χ1) is 12.5. The molecule has 1 aliphatic heterocycles. The molecule has 0 radical (unpaired) electrons. The van der Waals surface area contributed by atoms with Crippen molar-refractivity contribution in [2.75, 3.05) is 5.73 Å². The molecular formula is C18H20N4O4. The predicted molar refractivity (Wildman–Crippen MR) is 94.0 cm³/mol. The van der Waals surface area contributed by atoms with Gasteiger partial charge in [0.1, 0.15) is 42.2 Å². The first-order valence-corrected chi connectivity index (χ1v) is 8.30. The van der Waals surface area contributed by atoms with Crippen LogP contribution in [0.4, 0.5) is 5.82 Å². The summed E-state index contributed by atoms with van der Waals surface area (Å²) in [4.78, 5) is 8.11. The molecule has 5 N–H and O–H groups in total. The van der Waals surface area contributed by atoms with Gasteiger partial charge in [0, 0.05) is 6.20 Å². The second-order valence-electron chi connectivity index (χ2n) is 6.55. The van der Waals surface area contributed by atoms with E-state index < -0.39 is 30.6 Å². The number of rotatable bonds is 3. The molecule has 2 aromatic heterocycles. The van der Waals surface area contributed by atoms with E-state index in [2.05, 4.69) is 9.97 Å². The third-order valence-electron chi connectivity index (χ3n) is 4.82. The van der Waals surface area contributed by atoms with Crippen molar-refractivity contribution in [3.8, 4) is 0 Å². The van der Waals surface area contributed by atoms with Crippen LogP contribution >= 0.6 is 0 Å². The molecule has 4 rings (SSSR count). The summed E-state index contributed by atoms with van der Waals surface area (Å²) in [6.45, 7) is 1.95. The molecule has 0 saturated carbocycles. The molecular weight excluding hydrogens is 336 g/mol. The minimum absolute atomic E-state index is 0.318. The van der Waals surface area contributed by atoms with Crippen LogP contribution in [-0.2, 0) is 4.74 Å². The van der Waals surface area contributed by atoms with E-state index in [1.165, 1.54) is 6.33 Å². The van der Waals surface area contributed by atoms with Crippen molar-refractivity contribution >= 4 is 16.9 Å². The van der Waals surface area contributed by atoms with E-state index in [9.17, 15) is 15.3 Å². The lowest BCUT2D eigenvalue weighted by Crippen LogP contribution is -2.34. The van der Waals surface area contributed by atoms with Crippen molar-refractivity contribution in [2.24, 2.45) is 0 Å². The van der Waals surface area contributed by atoms with Crippen LogP contribution < -0.4 is 5.73 Å². The van der Waals surface area contributed by atoms with Gasteiger partial charge in [0.15, 0.2) is 6.23 Å².